The first-order valence-electron chi connectivity index (χ1n) is 27.3. The largest absolute Gasteiger partial charge is 0.477 e. The van der Waals surface area contributed by atoms with Crippen molar-refractivity contribution in [1.82, 2.24) is 65.8 Å². The van der Waals surface area contributed by atoms with Crippen molar-refractivity contribution in [2.45, 2.75) is 188 Å². The molecule has 40 nitrogen and oxygen atoms in total. The van der Waals surface area contributed by atoms with E-state index in [0.717, 1.165) is 20.8 Å². The summed E-state index contributed by atoms with van der Waals surface area (Å²) >= 11 is 0. The van der Waals surface area contributed by atoms with Gasteiger partial charge in [-0.2, -0.15) is 0 Å². The molecule has 3 aliphatic heterocycles. The van der Waals surface area contributed by atoms with Crippen molar-refractivity contribution in [3.05, 3.63) is 35.7 Å². The van der Waals surface area contributed by atoms with Gasteiger partial charge in [-0.1, -0.05) is 15.6 Å². The lowest BCUT2D eigenvalue weighted by Gasteiger charge is -2.46. The van der Waals surface area contributed by atoms with Crippen molar-refractivity contribution in [3.8, 4) is 0 Å². The van der Waals surface area contributed by atoms with Gasteiger partial charge in [-0.05, 0) is 0 Å². The number of amides is 3. The predicted molar refractivity (Wildman–Crippen MR) is 279 cm³/mol. The zero-order valence-electron chi connectivity index (χ0n) is 47.6. The highest BCUT2D eigenvalue weighted by Crippen LogP contribution is 2.37. The number of aliphatic hydroxyl groups excluding tert-OH is 12. The molecular formula is C48H75N13O27. The number of carbonyl (C=O) groups excluding carboxylic acids is 3. The average molecular weight is 1270 g/mol. The van der Waals surface area contributed by atoms with Gasteiger partial charge >= 0.3 is 17.9 Å². The Bertz CT molecular complexity index is 2520. The van der Waals surface area contributed by atoms with Crippen LogP contribution in [0.4, 0.5) is 0 Å². The third-order valence-corrected chi connectivity index (χ3v) is 14.4. The molecule has 0 unspecified atom stereocenters. The summed E-state index contributed by atoms with van der Waals surface area (Å²) in [5.41, 5.74) is 0.811. The fourth-order valence-electron chi connectivity index (χ4n) is 10.2. The van der Waals surface area contributed by atoms with Crippen LogP contribution in [0.3, 0.4) is 0 Å². The van der Waals surface area contributed by atoms with E-state index in [1.165, 1.54) is 32.6 Å². The molecular weight excluding hydrogens is 1190 g/mol. The number of hydrogen-bond acceptors (Lipinski definition) is 31. The maximum atomic E-state index is 12.7. The molecule has 3 saturated heterocycles. The number of carboxylic acids is 3. The molecule has 3 aliphatic rings. The Kier molecular flexibility index (Phi) is 24.7. The number of aliphatic hydroxyl groups is 12. The van der Waals surface area contributed by atoms with Crippen molar-refractivity contribution in [2.24, 2.45) is 0 Å². The fraction of sp³-hybridized carbons (Fsp3) is 0.750. The minimum absolute atomic E-state index is 0.0605. The van der Waals surface area contributed by atoms with E-state index in [2.05, 4.69) is 46.9 Å². The molecule has 18 N–H and O–H groups in total. The van der Waals surface area contributed by atoms with E-state index in [0.29, 0.717) is 0 Å². The van der Waals surface area contributed by atoms with E-state index in [1.807, 2.05) is 0 Å². The summed E-state index contributed by atoms with van der Waals surface area (Å²) < 4.78 is 37.8. The van der Waals surface area contributed by atoms with E-state index in [4.69, 9.17) is 28.4 Å². The maximum Gasteiger partial charge on any atom is 0.364 e. The van der Waals surface area contributed by atoms with E-state index in [9.17, 15) is 105 Å². The summed E-state index contributed by atoms with van der Waals surface area (Å²) in [5, 5.41) is 187. The number of aliphatic carboxylic acids is 3. The third-order valence-electron chi connectivity index (χ3n) is 14.4. The minimum atomic E-state index is -2.65. The molecule has 0 aromatic carbocycles. The Hall–Kier alpha value is -6.52. The number of ether oxygens (including phenoxy) is 6. The van der Waals surface area contributed by atoms with Crippen LogP contribution >= 0.6 is 0 Å². The van der Waals surface area contributed by atoms with E-state index < -0.39 is 203 Å². The third kappa shape index (κ3) is 17.5. The topological polar surface area (TPSA) is 593 Å². The van der Waals surface area contributed by atoms with E-state index in [-0.39, 0.29) is 56.4 Å². The Morgan fingerprint density at radius 1 is 0.511 bits per heavy atom. The van der Waals surface area contributed by atoms with E-state index >= 15 is 0 Å². The number of carbonyl (C=O) groups is 6. The van der Waals surface area contributed by atoms with Gasteiger partial charge in [0.2, 0.25) is 17.7 Å². The summed E-state index contributed by atoms with van der Waals surface area (Å²) in [7, 11) is 0. The Morgan fingerprint density at radius 3 is 0.977 bits per heavy atom. The van der Waals surface area contributed by atoms with Crippen LogP contribution in [0.25, 0.3) is 0 Å². The molecule has 88 heavy (non-hydrogen) atoms. The first-order chi connectivity index (χ1) is 41.5. The minimum Gasteiger partial charge on any atom is -0.477 e. The second kappa shape index (κ2) is 30.8. The molecule has 40 heteroatoms. The number of carboxylic acid groups (broad SMARTS) is 3. The van der Waals surface area contributed by atoms with Gasteiger partial charge in [0.1, 0.15) is 54.9 Å². The highest BCUT2D eigenvalue weighted by molar-refractivity contribution is 5.78. The van der Waals surface area contributed by atoms with Gasteiger partial charge in [-0.15, -0.1) is 15.3 Å². The highest BCUT2D eigenvalue weighted by Gasteiger charge is 2.58. The highest BCUT2D eigenvalue weighted by atomic mass is 16.7. The first-order valence-corrected chi connectivity index (χ1v) is 27.3. The van der Waals surface area contributed by atoms with Crippen molar-refractivity contribution < 1.29 is 134 Å². The van der Waals surface area contributed by atoms with Gasteiger partial charge < -0.3 is 121 Å². The number of nitrogens with one attached hydrogen (secondary N) is 3. The van der Waals surface area contributed by atoms with Crippen LogP contribution in [-0.2, 0) is 96.5 Å². The summed E-state index contributed by atoms with van der Waals surface area (Å²) in [6.45, 7) is -1.99. The molecule has 6 heterocycles. The average Bonchev–Trinajstić information content (AvgIpc) is 1.71. The van der Waals surface area contributed by atoms with Crippen molar-refractivity contribution >= 4 is 35.6 Å². The van der Waals surface area contributed by atoms with Gasteiger partial charge in [0.05, 0.1) is 113 Å². The molecule has 3 aromatic rings. The zero-order valence-corrected chi connectivity index (χ0v) is 47.6. The monoisotopic (exact) mass is 1270 g/mol. The number of aromatic nitrogens is 9. The predicted octanol–water partition coefficient (Wildman–Crippen LogP) is -10.8. The molecule has 6 rings (SSSR count). The van der Waals surface area contributed by atoms with E-state index in [1.54, 1.807) is 4.90 Å². The normalized spacial score (nSPS) is 29.5. The Balaban J connectivity index is 1.18. The molecule has 0 radical (unpaired) electrons. The summed E-state index contributed by atoms with van der Waals surface area (Å²) in [6.07, 6.45) is -20.2. The van der Waals surface area contributed by atoms with Crippen LogP contribution in [0.1, 0.15) is 57.1 Å². The van der Waals surface area contributed by atoms with Gasteiger partial charge in [0.15, 0.2) is 0 Å². The van der Waals surface area contributed by atoms with Crippen molar-refractivity contribution in [3.63, 3.8) is 0 Å². The summed E-state index contributed by atoms with van der Waals surface area (Å²) in [4.78, 5) is 75.7. The fourth-order valence-corrected chi connectivity index (χ4v) is 10.2. The van der Waals surface area contributed by atoms with Crippen LogP contribution in [0, 0.1) is 0 Å². The lowest BCUT2D eigenvalue weighted by Crippen LogP contribution is -2.68. The van der Waals surface area contributed by atoms with Gasteiger partial charge in [-0.25, -0.2) is 28.4 Å². The maximum absolute atomic E-state index is 12.7. The molecule has 18 atom stereocenters. The zero-order chi connectivity index (χ0) is 65.0. The molecule has 0 bridgehead atoms. The van der Waals surface area contributed by atoms with Gasteiger partial charge in [0, 0.05) is 78.3 Å². The van der Waals surface area contributed by atoms with Crippen molar-refractivity contribution in [1.29, 1.82) is 0 Å². The summed E-state index contributed by atoms with van der Waals surface area (Å²) in [5.74, 6) is -15.3. The lowest BCUT2D eigenvalue weighted by atomic mass is 9.88. The van der Waals surface area contributed by atoms with Gasteiger partial charge in [-0.3, -0.25) is 19.3 Å². The molecule has 0 aliphatic carbocycles. The molecule has 3 aromatic heterocycles. The van der Waals surface area contributed by atoms with Crippen LogP contribution < -0.4 is 16.0 Å². The molecule has 3 amide bonds. The van der Waals surface area contributed by atoms with Crippen LogP contribution in [-0.4, -0.2) is 310 Å². The van der Waals surface area contributed by atoms with Gasteiger partial charge in [0.25, 0.3) is 17.4 Å². The lowest BCUT2D eigenvalue weighted by molar-refractivity contribution is -0.311. The second-order valence-corrected chi connectivity index (χ2v) is 21.2. The Morgan fingerprint density at radius 2 is 0.761 bits per heavy atom. The van der Waals surface area contributed by atoms with Crippen LogP contribution in [0.15, 0.2) is 18.6 Å². The molecule has 0 saturated carbocycles. The standard InChI is InChI=1S/C48H75N13O27/c1-22(65)49-34-28(68)10-46(43(77)78,86-40(34)37(74)31(71)19-62)83-7-4-59-16-25(52-55-59)13-58(14-26-17-60(56-53-26)5-8-84-47(44(79)80)11-29(69)35(50-23(2)66)41(87-47)38(75)32(72)20-63)15-27-18-61(57-54-27)6-9-85-48(45(81)82)12-30(70)36(51-24(3)67)42(88-48)39(76)33(73)21-64/h16-18,28-42,62-64,68-76H,4-15,19-21H2,1-3H3,(H,49,65)(H,50,66)(H,51,67)(H,77,78)(H,79,80)(H,81,82)/t28-,29-,30-,31+,32+,33+,34+,35+,36+,37+,38+,39+,40+,41+,42+,46+,47+,48+/m0/s1. The first kappa shape index (κ1) is 70.6. The van der Waals surface area contributed by atoms with Crippen LogP contribution in [0.2, 0.25) is 0 Å². The molecule has 494 valence electrons. The molecule has 3 fully saturated rings. The number of nitrogens with zero attached hydrogens (tertiary/aromatic N) is 10. The number of hydrogen-bond donors (Lipinski definition) is 18. The number of rotatable bonds is 33. The van der Waals surface area contributed by atoms with Crippen LogP contribution in [0.5, 0.6) is 0 Å². The second-order valence-electron chi connectivity index (χ2n) is 21.2. The quantitative estimate of drug-likeness (QED) is 0.0269. The summed E-state index contributed by atoms with van der Waals surface area (Å²) in [6, 6.07) is -4.32. The Labute approximate surface area is 497 Å². The SMILES string of the molecule is CC(=O)N[C@H]1[C@H]([C@H](O)[C@H](O)CO)O[C@@](OCCn2cc(CN(Cc3cn(CCO[C@]4(C(=O)O)C[C@H](O)[C@@H](NC(C)=O)[C@H]([C@H](O)[C@H](O)CO)O4)nn3)Cc3cn(CCO[C@]4(C(=O)O)C[C@H](O)[C@@H](NC(C)=O)[C@H]([C@H](O)[C@H](O)CO)O4)nn3)nn2)(C(=O)O)C[C@@H]1O. The molecule has 0 spiro atoms. The van der Waals surface area contributed by atoms with Crippen molar-refractivity contribution in [2.75, 3.05) is 39.6 Å². The smallest absolute Gasteiger partial charge is 0.364 e.